The molecule has 1 fully saturated rings. The first-order chi connectivity index (χ1) is 8.16. The second-order valence-electron chi connectivity index (χ2n) is 4.58. The monoisotopic (exact) mass is 233 g/mol. The third kappa shape index (κ3) is 3.05. The summed E-state index contributed by atoms with van der Waals surface area (Å²) in [5, 5.41) is 3.37. The SMILES string of the molecule is CC1CNCCN1Cc1ccc(C(N)=O)cc1. The van der Waals surface area contributed by atoms with Gasteiger partial charge in [-0.25, -0.2) is 0 Å². The fourth-order valence-corrected chi connectivity index (χ4v) is 2.13. The molecule has 1 aromatic rings. The quantitative estimate of drug-likeness (QED) is 0.803. The van der Waals surface area contributed by atoms with Crippen LogP contribution in [0.1, 0.15) is 22.8 Å². The number of piperazine rings is 1. The second kappa shape index (κ2) is 5.29. The van der Waals surface area contributed by atoms with Crippen LogP contribution in [0.15, 0.2) is 24.3 Å². The Kier molecular flexibility index (Phi) is 3.76. The Morgan fingerprint density at radius 1 is 1.47 bits per heavy atom. The number of hydrogen-bond donors (Lipinski definition) is 2. The lowest BCUT2D eigenvalue weighted by atomic mass is 10.1. The molecule has 1 aromatic carbocycles. The van der Waals surface area contributed by atoms with Crippen molar-refractivity contribution in [2.24, 2.45) is 5.73 Å². The van der Waals surface area contributed by atoms with Crippen LogP contribution in [0.4, 0.5) is 0 Å². The average Bonchev–Trinajstić information content (AvgIpc) is 2.33. The smallest absolute Gasteiger partial charge is 0.248 e. The minimum absolute atomic E-state index is 0.368. The molecule has 0 radical (unpaired) electrons. The predicted octanol–water partition coefficient (Wildman–Crippen LogP) is 0.579. The zero-order chi connectivity index (χ0) is 12.3. The van der Waals surface area contributed by atoms with Gasteiger partial charge in [-0.3, -0.25) is 9.69 Å². The highest BCUT2D eigenvalue weighted by Gasteiger charge is 2.17. The number of amides is 1. The van der Waals surface area contributed by atoms with E-state index in [9.17, 15) is 4.79 Å². The van der Waals surface area contributed by atoms with Crippen LogP contribution >= 0.6 is 0 Å². The number of nitrogens with two attached hydrogens (primary N) is 1. The molecule has 0 saturated carbocycles. The molecule has 92 valence electrons. The van der Waals surface area contributed by atoms with Crippen molar-refractivity contribution >= 4 is 5.91 Å². The lowest BCUT2D eigenvalue weighted by Gasteiger charge is -2.33. The first kappa shape index (κ1) is 12.1. The van der Waals surface area contributed by atoms with Gasteiger partial charge in [0.05, 0.1) is 0 Å². The normalized spacial score (nSPS) is 21.4. The number of carbonyl (C=O) groups excluding carboxylic acids is 1. The van der Waals surface area contributed by atoms with E-state index in [2.05, 4.69) is 17.1 Å². The van der Waals surface area contributed by atoms with Crippen LogP contribution in [0.2, 0.25) is 0 Å². The highest BCUT2D eigenvalue weighted by Crippen LogP contribution is 2.11. The van der Waals surface area contributed by atoms with Gasteiger partial charge in [0.1, 0.15) is 0 Å². The Bertz CT molecular complexity index is 388. The maximum absolute atomic E-state index is 11.0. The number of benzene rings is 1. The number of nitrogens with zero attached hydrogens (tertiary/aromatic N) is 1. The van der Waals surface area contributed by atoms with Gasteiger partial charge in [0.25, 0.3) is 0 Å². The van der Waals surface area contributed by atoms with Gasteiger partial charge in [-0.2, -0.15) is 0 Å². The number of rotatable bonds is 3. The fourth-order valence-electron chi connectivity index (χ4n) is 2.13. The number of hydrogen-bond acceptors (Lipinski definition) is 3. The van der Waals surface area contributed by atoms with Crippen molar-refractivity contribution in [2.45, 2.75) is 19.5 Å². The first-order valence-corrected chi connectivity index (χ1v) is 6.00. The topological polar surface area (TPSA) is 58.4 Å². The summed E-state index contributed by atoms with van der Waals surface area (Å²) in [5.74, 6) is -0.368. The summed E-state index contributed by atoms with van der Waals surface area (Å²) in [5.41, 5.74) is 7.01. The molecule has 0 bridgehead atoms. The Labute approximate surface area is 102 Å². The molecule has 1 amide bonds. The van der Waals surface area contributed by atoms with Gasteiger partial charge in [-0.1, -0.05) is 12.1 Å². The van der Waals surface area contributed by atoms with Gasteiger partial charge in [0.2, 0.25) is 5.91 Å². The molecule has 1 aliphatic heterocycles. The van der Waals surface area contributed by atoms with Crippen LogP contribution < -0.4 is 11.1 Å². The van der Waals surface area contributed by atoms with Crippen LogP contribution in [0.3, 0.4) is 0 Å². The van der Waals surface area contributed by atoms with Crippen LogP contribution in [0, 0.1) is 0 Å². The second-order valence-corrected chi connectivity index (χ2v) is 4.58. The third-order valence-electron chi connectivity index (χ3n) is 3.26. The lowest BCUT2D eigenvalue weighted by Crippen LogP contribution is -2.49. The molecule has 0 aliphatic carbocycles. The third-order valence-corrected chi connectivity index (χ3v) is 3.26. The molecule has 1 atom stereocenters. The van der Waals surface area contributed by atoms with E-state index in [1.807, 2.05) is 12.1 Å². The number of primary amides is 1. The van der Waals surface area contributed by atoms with E-state index < -0.39 is 0 Å². The van der Waals surface area contributed by atoms with Gasteiger partial charge < -0.3 is 11.1 Å². The molecule has 1 aliphatic rings. The summed E-state index contributed by atoms with van der Waals surface area (Å²) in [6.07, 6.45) is 0. The van der Waals surface area contributed by atoms with Gasteiger partial charge >= 0.3 is 0 Å². The van der Waals surface area contributed by atoms with Gasteiger partial charge in [-0.15, -0.1) is 0 Å². The first-order valence-electron chi connectivity index (χ1n) is 6.00. The molecule has 0 aromatic heterocycles. The molecule has 2 rings (SSSR count). The Morgan fingerprint density at radius 2 is 2.18 bits per heavy atom. The van der Waals surface area contributed by atoms with Crippen molar-refractivity contribution in [3.05, 3.63) is 35.4 Å². The van der Waals surface area contributed by atoms with Crippen molar-refractivity contribution in [1.29, 1.82) is 0 Å². The fraction of sp³-hybridized carbons (Fsp3) is 0.462. The summed E-state index contributed by atoms with van der Waals surface area (Å²) in [6, 6.07) is 8.11. The van der Waals surface area contributed by atoms with E-state index in [1.165, 1.54) is 5.56 Å². The zero-order valence-corrected chi connectivity index (χ0v) is 10.1. The van der Waals surface area contributed by atoms with Crippen molar-refractivity contribution in [2.75, 3.05) is 19.6 Å². The van der Waals surface area contributed by atoms with Crippen molar-refractivity contribution in [3.8, 4) is 0 Å². The molecule has 0 spiro atoms. The van der Waals surface area contributed by atoms with E-state index in [4.69, 9.17) is 5.73 Å². The Morgan fingerprint density at radius 3 is 2.76 bits per heavy atom. The van der Waals surface area contributed by atoms with Gasteiger partial charge in [0, 0.05) is 37.8 Å². The maximum Gasteiger partial charge on any atom is 0.248 e. The zero-order valence-electron chi connectivity index (χ0n) is 10.1. The minimum Gasteiger partial charge on any atom is -0.366 e. The maximum atomic E-state index is 11.0. The highest BCUT2D eigenvalue weighted by atomic mass is 16.1. The van der Waals surface area contributed by atoms with Crippen LogP contribution in [-0.4, -0.2) is 36.5 Å². The molecule has 3 N–H and O–H groups in total. The molecular weight excluding hydrogens is 214 g/mol. The lowest BCUT2D eigenvalue weighted by molar-refractivity contribution is 0.1000. The summed E-state index contributed by atoms with van der Waals surface area (Å²) in [6.45, 7) is 6.31. The van der Waals surface area contributed by atoms with Crippen LogP contribution in [0.25, 0.3) is 0 Å². The molecule has 17 heavy (non-hydrogen) atoms. The van der Waals surface area contributed by atoms with E-state index in [0.717, 1.165) is 26.2 Å². The standard InChI is InChI=1S/C13H19N3O/c1-10-8-15-6-7-16(10)9-11-2-4-12(5-3-11)13(14)17/h2-5,10,15H,6-9H2,1H3,(H2,14,17). The molecule has 1 unspecified atom stereocenters. The molecule has 1 saturated heterocycles. The number of carbonyl (C=O) groups is 1. The molecular formula is C13H19N3O. The minimum atomic E-state index is -0.368. The van der Waals surface area contributed by atoms with E-state index >= 15 is 0 Å². The predicted molar refractivity (Wildman–Crippen MR) is 67.7 cm³/mol. The summed E-state index contributed by atoms with van der Waals surface area (Å²) in [4.78, 5) is 13.4. The average molecular weight is 233 g/mol. The van der Waals surface area contributed by atoms with Gasteiger partial charge in [-0.05, 0) is 24.6 Å². The van der Waals surface area contributed by atoms with E-state index in [-0.39, 0.29) is 5.91 Å². The Hall–Kier alpha value is -1.39. The molecule has 4 nitrogen and oxygen atoms in total. The highest BCUT2D eigenvalue weighted by molar-refractivity contribution is 5.92. The van der Waals surface area contributed by atoms with Gasteiger partial charge in [0.15, 0.2) is 0 Å². The molecule has 4 heteroatoms. The largest absolute Gasteiger partial charge is 0.366 e. The Balaban J connectivity index is 2.00. The van der Waals surface area contributed by atoms with Crippen LogP contribution in [-0.2, 0) is 6.54 Å². The van der Waals surface area contributed by atoms with Crippen LogP contribution in [0.5, 0.6) is 0 Å². The molecule has 1 heterocycles. The van der Waals surface area contributed by atoms with E-state index in [1.54, 1.807) is 12.1 Å². The summed E-state index contributed by atoms with van der Waals surface area (Å²) < 4.78 is 0. The van der Waals surface area contributed by atoms with E-state index in [0.29, 0.717) is 11.6 Å². The van der Waals surface area contributed by atoms with Crippen molar-refractivity contribution in [3.63, 3.8) is 0 Å². The van der Waals surface area contributed by atoms with Crippen molar-refractivity contribution in [1.82, 2.24) is 10.2 Å². The van der Waals surface area contributed by atoms with Crippen molar-refractivity contribution < 1.29 is 4.79 Å². The summed E-state index contributed by atoms with van der Waals surface area (Å²) >= 11 is 0. The summed E-state index contributed by atoms with van der Waals surface area (Å²) in [7, 11) is 0. The number of nitrogens with one attached hydrogen (secondary N) is 1.